The van der Waals surface area contributed by atoms with E-state index in [1.54, 1.807) is 50.6 Å². The van der Waals surface area contributed by atoms with Gasteiger partial charge in [-0.1, -0.05) is 48.6 Å². The van der Waals surface area contributed by atoms with Crippen LogP contribution in [0.15, 0.2) is 60.7 Å². The minimum atomic E-state index is -0.119. The maximum Gasteiger partial charge on any atom is 0.194 e. The molecule has 4 rings (SSSR count). The van der Waals surface area contributed by atoms with Crippen molar-refractivity contribution in [3.05, 3.63) is 94.0 Å². The molecule has 4 heteroatoms. The van der Waals surface area contributed by atoms with Gasteiger partial charge in [-0.25, -0.2) is 0 Å². The lowest BCUT2D eigenvalue weighted by Crippen LogP contribution is -2.20. The van der Waals surface area contributed by atoms with Gasteiger partial charge in [-0.15, -0.1) is 0 Å². The van der Waals surface area contributed by atoms with E-state index in [0.717, 1.165) is 11.1 Å². The summed E-state index contributed by atoms with van der Waals surface area (Å²) in [5.41, 5.74) is 3.59. The predicted octanol–water partition coefficient (Wildman–Crippen LogP) is 4.65. The molecule has 0 unspecified atom stereocenters. The fourth-order valence-corrected chi connectivity index (χ4v) is 3.37. The maximum atomic E-state index is 12.8. The van der Waals surface area contributed by atoms with Crippen LogP contribution in [0, 0.1) is 0 Å². The molecule has 0 heterocycles. The van der Waals surface area contributed by atoms with Crippen LogP contribution in [0.4, 0.5) is 0 Å². The first-order chi connectivity index (χ1) is 13.6. The lowest BCUT2D eigenvalue weighted by Gasteiger charge is -2.17. The zero-order valence-corrected chi connectivity index (χ0v) is 15.6. The molecule has 0 radical (unpaired) electrons. The minimum absolute atomic E-state index is 0.111. The number of methoxy groups -OCH3 is 2. The summed E-state index contributed by atoms with van der Waals surface area (Å²) in [7, 11) is 3.19. The van der Waals surface area contributed by atoms with Crippen molar-refractivity contribution in [2.24, 2.45) is 0 Å². The predicted molar refractivity (Wildman–Crippen MR) is 108 cm³/mol. The third-order valence-corrected chi connectivity index (χ3v) is 4.83. The normalized spacial score (nSPS) is 12.6. The Balaban J connectivity index is 1.68. The van der Waals surface area contributed by atoms with Crippen LogP contribution >= 0.6 is 0 Å². The summed E-state index contributed by atoms with van der Waals surface area (Å²) in [5.74, 6) is 1.08. The fraction of sp³-hybridized carbons (Fsp3) is 0.0833. The molecule has 0 saturated carbocycles. The summed E-state index contributed by atoms with van der Waals surface area (Å²) in [6.07, 6.45) is 3.83. The monoisotopic (exact) mass is 370 g/mol. The average Bonchev–Trinajstić information content (AvgIpc) is 2.75. The zero-order valence-electron chi connectivity index (χ0n) is 15.6. The molecule has 0 spiro atoms. The van der Waals surface area contributed by atoms with Gasteiger partial charge in [0.25, 0.3) is 0 Å². The molecular formula is C24H18O4. The number of fused-ring (bicyclic) bond motifs is 2. The summed E-state index contributed by atoms with van der Waals surface area (Å²) < 4.78 is 10.6. The standard InChI is InChI=1S/C24H18O4/c1-27-21-12-10-16(14-22(21)28-2)8-7-15-9-11-19-20(13-15)24(26)18-6-4-3-5-17(18)23(19)25/h3-14H,1-2H3/b8-7-. The van der Waals surface area contributed by atoms with E-state index < -0.39 is 0 Å². The number of rotatable bonds is 4. The van der Waals surface area contributed by atoms with Crippen molar-refractivity contribution in [2.45, 2.75) is 0 Å². The highest BCUT2D eigenvalue weighted by Gasteiger charge is 2.29. The van der Waals surface area contributed by atoms with Gasteiger partial charge in [0, 0.05) is 22.3 Å². The first-order valence-corrected chi connectivity index (χ1v) is 8.85. The van der Waals surface area contributed by atoms with E-state index in [4.69, 9.17) is 9.47 Å². The summed E-state index contributed by atoms with van der Waals surface area (Å²) in [4.78, 5) is 25.5. The lowest BCUT2D eigenvalue weighted by atomic mass is 9.83. The number of ether oxygens (including phenoxy) is 2. The van der Waals surface area contributed by atoms with Crippen molar-refractivity contribution in [2.75, 3.05) is 14.2 Å². The van der Waals surface area contributed by atoms with Crippen LogP contribution in [0.2, 0.25) is 0 Å². The Bertz CT molecular complexity index is 1130. The molecule has 28 heavy (non-hydrogen) atoms. The van der Waals surface area contributed by atoms with Crippen molar-refractivity contribution in [1.29, 1.82) is 0 Å². The Kier molecular flexibility index (Phi) is 4.53. The van der Waals surface area contributed by atoms with E-state index in [1.807, 2.05) is 36.4 Å². The molecule has 4 nitrogen and oxygen atoms in total. The Morgan fingerprint density at radius 1 is 0.607 bits per heavy atom. The Hall–Kier alpha value is -3.66. The van der Waals surface area contributed by atoms with E-state index in [0.29, 0.717) is 33.8 Å². The van der Waals surface area contributed by atoms with Gasteiger partial charge in [-0.3, -0.25) is 9.59 Å². The van der Waals surface area contributed by atoms with E-state index in [-0.39, 0.29) is 11.6 Å². The molecular weight excluding hydrogens is 352 g/mol. The average molecular weight is 370 g/mol. The van der Waals surface area contributed by atoms with Crippen LogP contribution in [-0.2, 0) is 0 Å². The van der Waals surface area contributed by atoms with E-state index in [2.05, 4.69) is 0 Å². The third kappa shape index (κ3) is 2.99. The van der Waals surface area contributed by atoms with E-state index >= 15 is 0 Å². The summed E-state index contributed by atoms with van der Waals surface area (Å²) in [6, 6.07) is 17.9. The molecule has 0 fully saturated rings. The molecule has 0 saturated heterocycles. The van der Waals surface area contributed by atoms with Gasteiger partial charge in [0.15, 0.2) is 23.1 Å². The largest absolute Gasteiger partial charge is 0.493 e. The second-order valence-corrected chi connectivity index (χ2v) is 6.46. The van der Waals surface area contributed by atoms with Gasteiger partial charge in [0.1, 0.15) is 0 Å². The van der Waals surface area contributed by atoms with Gasteiger partial charge in [0.2, 0.25) is 0 Å². The van der Waals surface area contributed by atoms with Crippen molar-refractivity contribution in [3.8, 4) is 11.5 Å². The van der Waals surface area contributed by atoms with Crippen molar-refractivity contribution in [3.63, 3.8) is 0 Å². The van der Waals surface area contributed by atoms with Crippen molar-refractivity contribution in [1.82, 2.24) is 0 Å². The molecule has 0 amide bonds. The number of carbonyl (C=O) groups is 2. The highest BCUT2D eigenvalue weighted by molar-refractivity contribution is 6.28. The van der Waals surface area contributed by atoms with Gasteiger partial charge < -0.3 is 9.47 Å². The first kappa shape index (κ1) is 17.7. The number of carbonyl (C=O) groups excluding carboxylic acids is 2. The van der Waals surface area contributed by atoms with Gasteiger partial charge in [0.05, 0.1) is 14.2 Å². The van der Waals surface area contributed by atoms with E-state index in [1.165, 1.54) is 0 Å². The zero-order chi connectivity index (χ0) is 19.7. The molecule has 0 N–H and O–H groups in total. The molecule has 1 aliphatic carbocycles. The topological polar surface area (TPSA) is 52.6 Å². The molecule has 3 aromatic carbocycles. The van der Waals surface area contributed by atoms with Crippen molar-refractivity contribution < 1.29 is 19.1 Å². The smallest absolute Gasteiger partial charge is 0.194 e. The van der Waals surface area contributed by atoms with Gasteiger partial charge in [-0.2, -0.15) is 0 Å². The van der Waals surface area contributed by atoms with E-state index in [9.17, 15) is 9.59 Å². The second kappa shape index (κ2) is 7.16. The minimum Gasteiger partial charge on any atom is -0.493 e. The summed E-state index contributed by atoms with van der Waals surface area (Å²) in [5, 5.41) is 0. The lowest BCUT2D eigenvalue weighted by molar-refractivity contribution is 0.0979. The van der Waals surface area contributed by atoms with Crippen LogP contribution in [0.1, 0.15) is 43.0 Å². The molecule has 3 aromatic rings. The Morgan fingerprint density at radius 3 is 1.79 bits per heavy atom. The highest BCUT2D eigenvalue weighted by atomic mass is 16.5. The Labute approximate surface area is 163 Å². The number of benzene rings is 3. The molecule has 0 aliphatic heterocycles. The number of hydrogen-bond donors (Lipinski definition) is 0. The number of hydrogen-bond acceptors (Lipinski definition) is 4. The molecule has 0 aromatic heterocycles. The third-order valence-electron chi connectivity index (χ3n) is 4.83. The molecule has 0 atom stereocenters. The fourth-order valence-electron chi connectivity index (χ4n) is 3.37. The van der Waals surface area contributed by atoms with Crippen LogP contribution in [0.5, 0.6) is 11.5 Å². The van der Waals surface area contributed by atoms with Crippen LogP contribution in [0.25, 0.3) is 12.2 Å². The van der Waals surface area contributed by atoms with Crippen molar-refractivity contribution >= 4 is 23.7 Å². The van der Waals surface area contributed by atoms with Gasteiger partial charge >= 0.3 is 0 Å². The Morgan fingerprint density at radius 2 is 1.14 bits per heavy atom. The summed E-state index contributed by atoms with van der Waals surface area (Å²) in [6.45, 7) is 0. The SMILES string of the molecule is COc1ccc(/C=C\c2ccc3c(c2)C(=O)c2ccccc2C3=O)cc1OC. The molecule has 0 bridgehead atoms. The quantitative estimate of drug-likeness (QED) is 0.491. The summed E-state index contributed by atoms with van der Waals surface area (Å²) >= 11 is 0. The van der Waals surface area contributed by atoms with Crippen LogP contribution in [-0.4, -0.2) is 25.8 Å². The molecule has 1 aliphatic rings. The number of ketones is 2. The molecule has 138 valence electrons. The first-order valence-electron chi connectivity index (χ1n) is 8.85. The van der Waals surface area contributed by atoms with Crippen LogP contribution in [0.3, 0.4) is 0 Å². The second-order valence-electron chi connectivity index (χ2n) is 6.46. The van der Waals surface area contributed by atoms with Gasteiger partial charge in [-0.05, 0) is 35.4 Å². The van der Waals surface area contributed by atoms with Crippen LogP contribution < -0.4 is 9.47 Å². The maximum absolute atomic E-state index is 12.8. The highest BCUT2D eigenvalue weighted by Crippen LogP contribution is 2.30.